The number of nitrogen functional groups attached to an aromatic ring is 1. The number of aromatic amines is 1. The fourth-order valence-electron chi connectivity index (χ4n) is 1.99. The topological polar surface area (TPSA) is 67.6 Å². The first kappa shape index (κ1) is 11.2. The number of fused-ring (bicyclic) bond motifs is 1. The van der Waals surface area contributed by atoms with Crippen molar-refractivity contribution in [2.45, 2.75) is 19.8 Å². The van der Waals surface area contributed by atoms with Crippen LogP contribution in [0.3, 0.4) is 0 Å². The van der Waals surface area contributed by atoms with Crippen LogP contribution in [0.15, 0.2) is 23.6 Å². The SMILES string of the molecule is CCc1ccc2nc(Cc3csc(N)n3)[nH]c2c1. The average molecular weight is 258 g/mol. The molecule has 0 saturated heterocycles. The van der Waals surface area contributed by atoms with E-state index >= 15 is 0 Å². The van der Waals surface area contributed by atoms with E-state index < -0.39 is 0 Å². The van der Waals surface area contributed by atoms with E-state index in [-0.39, 0.29) is 0 Å². The van der Waals surface area contributed by atoms with Crippen LogP contribution in [0.1, 0.15) is 24.0 Å². The second kappa shape index (κ2) is 4.42. The van der Waals surface area contributed by atoms with Crippen molar-refractivity contribution >= 4 is 27.5 Å². The normalized spacial score (nSPS) is 11.2. The van der Waals surface area contributed by atoms with Crippen molar-refractivity contribution in [1.29, 1.82) is 0 Å². The zero-order valence-electron chi connectivity index (χ0n) is 10.1. The molecule has 0 unspecified atom stereocenters. The van der Waals surface area contributed by atoms with Crippen molar-refractivity contribution in [3.8, 4) is 0 Å². The number of nitrogens with two attached hydrogens (primary N) is 1. The predicted molar refractivity (Wildman–Crippen MR) is 74.8 cm³/mol. The summed E-state index contributed by atoms with van der Waals surface area (Å²) in [6, 6.07) is 6.33. The lowest BCUT2D eigenvalue weighted by Crippen LogP contribution is -1.91. The molecule has 0 aliphatic carbocycles. The van der Waals surface area contributed by atoms with Crippen molar-refractivity contribution < 1.29 is 0 Å². The van der Waals surface area contributed by atoms with Crippen LogP contribution >= 0.6 is 11.3 Å². The van der Waals surface area contributed by atoms with Crippen LogP contribution in [0.5, 0.6) is 0 Å². The number of hydrogen-bond donors (Lipinski definition) is 2. The minimum absolute atomic E-state index is 0.606. The monoisotopic (exact) mass is 258 g/mol. The van der Waals surface area contributed by atoms with Gasteiger partial charge in [0.25, 0.3) is 0 Å². The molecule has 1 aromatic carbocycles. The summed E-state index contributed by atoms with van der Waals surface area (Å²) >= 11 is 1.46. The standard InChI is InChI=1S/C13H14N4S/c1-2-8-3-4-10-11(5-8)17-12(16-10)6-9-7-18-13(14)15-9/h3-5,7H,2,6H2,1H3,(H2,14,15)(H,16,17). The van der Waals surface area contributed by atoms with E-state index in [1.165, 1.54) is 16.9 Å². The number of thiazole rings is 1. The smallest absolute Gasteiger partial charge is 0.180 e. The number of benzene rings is 1. The van der Waals surface area contributed by atoms with Gasteiger partial charge in [0.1, 0.15) is 5.82 Å². The summed E-state index contributed by atoms with van der Waals surface area (Å²) in [6.07, 6.45) is 1.73. The van der Waals surface area contributed by atoms with Gasteiger partial charge in [-0.25, -0.2) is 9.97 Å². The third-order valence-corrected chi connectivity index (χ3v) is 3.64. The molecule has 0 saturated carbocycles. The number of hydrogen-bond acceptors (Lipinski definition) is 4. The Morgan fingerprint density at radius 1 is 1.33 bits per heavy atom. The Bertz CT molecular complexity index is 683. The van der Waals surface area contributed by atoms with Gasteiger partial charge >= 0.3 is 0 Å². The van der Waals surface area contributed by atoms with E-state index in [2.05, 4.69) is 40.1 Å². The first-order chi connectivity index (χ1) is 8.74. The highest BCUT2D eigenvalue weighted by Gasteiger charge is 2.06. The molecule has 3 N–H and O–H groups in total. The van der Waals surface area contributed by atoms with Crippen LogP contribution in [-0.2, 0) is 12.8 Å². The average Bonchev–Trinajstić information content (AvgIpc) is 2.94. The third-order valence-electron chi connectivity index (χ3n) is 2.92. The number of H-pyrrole nitrogens is 1. The molecule has 0 amide bonds. The molecular formula is C13H14N4S. The van der Waals surface area contributed by atoms with Crippen LogP contribution in [-0.4, -0.2) is 15.0 Å². The van der Waals surface area contributed by atoms with Gasteiger partial charge in [-0.1, -0.05) is 13.0 Å². The highest BCUT2D eigenvalue weighted by Crippen LogP contribution is 2.18. The zero-order valence-corrected chi connectivity index (χ0v) is 10.9. The van der Waals surface area contributed by atoms with Crippen LogP contribution in [0.4, 0.5) is 5.13 Å². The van der Waals surface area contributed by atoms with Crippen molar-refractivity contribution in [3.05, 3.63) is 40.7 Å². The number of nitrogens with one attached hydrogen (secondary N) is 1. The van der Waals surface area contributed by atoms with Crippen LogP contribution < -0.4 is 5.73 Å². The molecule has 0 fully saturated rings. The van der Waals surface area contributed by atoms with Gasteiger partial charge in [0, 0.05) is 11.8 Å². The van der Waals surface area contributed by atoms with E-state index in [0.29, 0.717) is 11.6 Å². The van der Waals surface area contributed by atoms with Crippen molar-refractivity contribution in [2.75, 3.05) is 5.73 Å². The molecule has 3 rings (SSSR count). The summed E-state index contributed by atoms with van der Waals surface area (Å²) in [5.74, 6) is 0.934. The molecule has 0 aliphatic rings. The van der Waals surface area contributed by atoms with E-state index in [9.17, 15) is 0 Å². The minimum Gasteiger partial charge on any atom is -0.375 e. The highest BCUT2D eigenvalue weighted by atomic mass is 32.1. The number of rotatable bonds is 3. The maximum Gasteiger partial charge on any atom is 0.180 e. The summed E-state index contributed by atoms with van der Waals surface area (Å²) in [6.45, 7) is 2.15. The van der Waals surface area contributed by atoms with Crippen LogP contribution in [0, 0.1) is 0 Å². The van der Waals surface area contributed by atoms with E-state index in [1.807, 2.05) is 5.38 Å². The number of anilines is 1. The Labute approximate surface area is 109 Å². The van der Waals surface area contributed by atoms with E-state index in [4.69, 9.17) is 5.73 Å². The molecule has 5 heteroatoms. The van der Waals surface area contributed by atoms with E-state index in [1.54, 1.807) is 0 Å². The van der Waals surface area contributed by atoms with Gasteiger partial charge in [-0.05, 0) is 24.1 Å². The number of imidazole rings is 1. The fraction of sp³-hybridized carbons (Fsp3) is 0.231. The maximum atomic E-state index is 5.62. The van der Waals surface area contributed by atoms with Crippen molar-refractivity contribution in [1.82, 2.24) is 15.0 Å². The molecular weight excluding hydrogens is 244 g/mol. The summed E-state index contributed by atoms with van der Waals surface area (Å²) in [5, 5.41) is 2.58. The Kier molecular flexibility index (Phi) is 2.76. The Balaban J connectivity index is 1.93. The molecule has 4 nitrogen and oxygen atoms in total. The zero-order chi connectivity index (χ0) is 12.5. The van der Waals surface area contributed by atoms with Gasteiger partial charge in [-0.2, -0.15) is 0 Å². The molecule has 2 aromatic heterocycles. The molecule has 0 atom stereocenters. The Morgan fingerprint density at radius 3 is 2.94 bits per heavy atom. The number of nitrogens with zero attached hydrogens (tertiary/aromatic N) is 2. The molecule has 0 radical (unpaired) electrons. The highest BCUT2D eigenvalue weighted by molar-refractivity contribution is 7.13. The molecule has 18 heavy (non-hydrogen) atoms. The lowest BCUT2D eigenvalue weighted by molar-refractivity contribution is 1.00. The van der Waals surface area contributed by atoms with Gasteiger partial charge in [0.15, 0.2) is 5.13 Å². The third kappa shape index (κ3) is 2.09. The van der Waals surface area contributed by atoms with Gasteiger partial charge in [0.2, 0.25) is 0 Å². The van der Waals surface area contributed by atoms with E-state index in [0.717, 1.165) is 29.0 Å². The first-order valence-corrected chi connectivity index (χ1v) is 6.80. The number of aryl methyl sites for hydroxylation is 1. The molecule has 3 aromatic rings. The molecule has 92 valence electrons. The number of aromatic nitrogens is 3. The maximum absolute atomic E-state index is 5.62. The van der Waals surface area contributed by atoms with Crippen molar-refractivity contribution in [3.63, 3.8) is 0 Å². The predicted octanol–water partition coefficient (Wildman–Crippen LogP) is 2.75. The van der Waals surface area contributed by atoms with Crippen molar-refractivity contribution in [2.24, 2.45) is 0 Å². The lowest BCUT2D eigenvalue weighted by atomic mass is 10.1. The largest absolute Gasteiger partial charge is 0.375 e. The van der Waals surface area contributed by atoms with Gasteiger partial charge in [-0.3, -0.25) is 0 Å². The summed E-state index contributed by atoms with van der Waals surface area (Å²) in [4.78, 5) is 12.1. The molecule has 2 heterocycles. The first-order valence-electron chi connectivity index (χ1n) is 5.92. The lowest BCUT2D eigenvalue weighted by Gasteiger charge is -1.94. The second-order valence-electron chi connectivity index (χ2n) is 4.24. The van der Waals surface area contributed by atoms with Gasteiger partial charge in [0.05, 0.1) is 16.7 Å². The Hall–Kier alpha value is -1.88. The fourth-order valence-corrected chi connectivity index (χ4v) is 2.55. The summed E-state index contributed by atoms with van der Waals surface area (Å²) < 4.78 is 0. The molecule has 0 spiro atoms. The second-order valence-corrected chi connectivity index (χ2v) is 5.13. The van der Waals surface area contributed by atoms with Gasteiger partial charge in [-0.15, -0.1) is 11.3 Å². The Morgan fingerprint density at radius 2 is 2.22 bits per heavy atom. The van der Waals surface area contributed by atoms with Crippen LogP contribution in [0.2, 0.25) is 0 Å². The quantitative estimate of drug-likeness (QED) is 0.759. The minimum atomic E-state index is 0.606. The summed E-state index contributed by atoms with van der Waals surface area (Å²) in [5.41, 5.74) is 10.00. The summed E-state index contributed by atoms with van der Waals surface area (Å²) in [7, 11) is 0. The molecule has 0 bridgehead atoms. The van der Waals surface area contributed by atoms with Crippen LogP contribution in [0.25, 0.3) is 11.0 Å². The molecule has 0 aliphatic heterocycles. The van der Waals surface area contributed by atoms with Gasteiger partial charge < -0.3 is 10.7 Å².